The third kappa shape index (κ3) is 4.62. The van der Waals surface area contributed by atoms with Crippen molar-refractivity contribution in [3.63, 3.8) is 0 Å². The zero-order chi connectivity index (χ0) is 15.9. The Morgan fingerprint density at radius 3 is 2.55 bits per heavy atom. The molecule has 0 bridgehead atoms. The summed E-state index contributed by atoms with van der Waals surface area (Å²) in [6.45, 7) is 6.37. The van der Waals surface area contributed by atoms with Gasteiger partial charge in [0.1, 0.15) is 5.75 Å². The van der Waals surface area contributed by atoms with E-state index in [0.717, 1.165) is 17.7 Å². The highest BCUT2D eigenvalue weighted by Gasteiger charge is 2.06. The molecule has 0 heterocycles. The van der Waals surface area contributed by atoms with Crippen molar-refractivity contribution in [1.82, 2.24) is 0 Å². The largest absolute Gasteiger partial charge is 0.484 e. The van der Waals surface area contributed by atoms with Crippen LogP contribution < -0.4 is 10.1 Å². The topological polar surface area (TPSA) is 38.3 Å². The molecule has 0 saturated carbocycles. The van der Waals surface area contributed by atoms with Gasteiger partial charge in [-0.1, -0.05) is 38.1 Å². The molecule has 0 aliphatic heterocycles. The SMILES string of the molecule is CC[C@H](C)c1ccc(NC(=O)COc2cccc(C)c2)cc1. The van der Waals surface area contributed by atoms with E-state index in [1.165, 1.54) is 5.56 Å². The maximum absolute atomic E-state index is 11.9. The Labute approximate surface area is 132 Å². The number of carbonyl (C=O) groups excluding carboxylic acids is 1. The lowest BCUT2D eigenvalue weighted by molar-refractivity contribution is -0.118. The summed E-state index contributed by atoms with van der Waals surface area (Å²) in [6.07, 6.45) is 1.11. The Kier molecular flexibility index (Phi) is 5.59. The van der Waals surface area contributed by atoms with Crippen LogP contribution in [0.15, 0.2) is 48.5 Å². The van der Waals surface area contributed by atoms with Crippen LogP contribution >= 0.6 is 0 Å². The van der Waals surface area contributed by atoms with E-state index in [-0.39, 0.29) is 12.5 Å². The highest BCUT2D eigenvalue weighted by atomic mass is 16.5. The zero-order valence-corrected chi connectivity index (χ0v) is 13.4. The lowest BCUT2D eigenvalue weighted by Gasteiger charge is -2.11. The van der Waals surface area contributed by atoms with Gasteiger partial charge in [0, 0.05) is 5.69 Å². The summed E-state index contributed by atoms with van der Waals surface area (Å²) in [5.74, 6) is 1.09. The predicted octanol–water partition coefficient (Wildman–Crippen LogP) is 4.53. The van der Waals surface area contributed by atoms with Crippen molar-refractivity contribution < 1.29 is 9.53 Å². The molecule has 0 unspecified atom stereocenters. The minimum Gasteiger partial charge on any atom is -0.484 e. The molecule has 0 fully saturated rings. The van der Waals surface area contributed by atoms with Crippen molar-refractivity contribution in [3.05, 3.63) is 59.7 Å². The Bertz CT molecular complexity index is 620. The molecule has 0 saturated heterocycles. The molecule has 0 aliphatic carbocycles. The molecular formula is C19H23NO2. The summed E-state index contributed by atoms with van der Waals surface area (Å²) >= 11 is 0. The molecule has 0 aliphatic rings. The molecule has 3 nitrogen and oxygen atoms in total. The first-order valence-electron chi connectivity index (χ1n) is 7.67. The second-order valence-electron chi connectivity index (χ2n) is 5.58. The molecule has 0 spiro atoms. The van der Waals surface area contributed by atoms with Crippen LogP contribution in [-0.4, -0.2) is 12.5 Å². The molecule has 1 amide bonds. The van der Waals surface area contributed by atoms with E-state index >= 15 is 0 Å². The number of ether oxygens (including phenoxy) is 1. The lowest BCUT2D eigenvalue weighted by atomic mass is 9.99. The normalized spacial score (nSPS) is 11.8. The second-order valence-corrected chi connectivity index (χ2v) is 5.58. The molecule has 2 aromatic rings. The van der Waals surface area contributed by atoms with Gasteiger partial charge < -0.3 is 10.1 Å². The monoisotopic (exact) mass is 297 g/mol. The van der Waals surface area contributed by atoms with Gasteiger partial charge in [-0.3, -0.25) is 4.79 Å². The van der Waals surface area contributed by atoms with E-state index < -0.39 is 0 Å². The average Bonchev–Trinajstić information content (AvgIpc) is 2.53. The smallest absolute Gasteiger partial charge is 0.262 e. The number of hydrogen-bond acceptors (Lipinski definition) is 2. The minimum absolute atomic E-state index is 0.0105. The molecule has 2 aromatic carbocycles. The van der Waals surface area contributed by atoms with Gasteiger partial charge in [-0.25, -0.2) is 0 Å². The molecule has 1 N–H and O–H groups in total. The molecule has 0 aromatic heterocycles. The van der Waals surface area contributed by atoms with Gasteiger partial charge in [0.05, 0.1) is 0 Å². The van der Waals surface area contributed by atoms with Crippen molar-refractivity contribution in [2.24, 2.45) is 0 Å². The zero-order valence-electron chi connectivity index (χ0n) is 13.4. The van der Waals surface area contributed by atoms with E-state index in [1.54, 1.807) is 0 Å². The van der Waals surface area contributed by atoms with Gasteiger partial charge in [0.2, 0.25) is 0 Å². The Balaban J connectivity index is 1.86. The minimum atomic E-state index is -0.155. The molecule has 3 heteroatoms. The van der Waals surface area contributed by atoms with E-state index in [9.17, 15) is 4.79 Å². The lowest BCUT2D eigenvalue weighted by Crippen LogP contribution is -2.20. The fraction of sp³-hybridized carbons (Fsp3) is 0.316. The van der Waals surface area contributed by atoms with Crippen LogP contribution in [0.3, 0.4) is 0 Å². The van der Waals surface area contributed by atoms with Crippen molar-refractivity contribution in [2.75, 3.05) is 11.9 Å². The fourth-order valence-corrected chi connectivity index (χ4v) is 2.18. The van der Waals surface area contributed by atoms with Crippen LogP contribution in [0.1, 0.15) is 37.3 Å². The fourth-order valence-electron chi connectivity index (χ4n) is 2.18. The van der Waals surface area contributed by atoms with Gasteiger partial charge in [-0.2, -0.15) is 0 Å². The molecule has 0 radical (unpaired) electrons. The van der Waals surface area contributed by atoms with Crippen LogP contribution in [0.5, 0.6) is 5.75 Å². The van der Waals surface area contributed by atoms with E-state index in [0.29, 0.717) is 11.7 Å². The summed E-state index contributed by atoms with van der Waals surface area (Å²) in [5, 5.41) is 2.85. The number of benzene rings is 2. The number of nitrogens with one attached hydrogen (secondary N) is 1. The first-order chi connectivity index (χ1) is 10.6. The van der Waals surface area contributed by atoms with E-state index in [1.807, 2.05) is 43.3 Å². The first kappa shape index (κ1) is 16.1. The van der Waals surface area contributed by atoms with Crippen molar-refractivity contribution in [3.8, 4) is 5.75 Å². The summed E-state index contributed by atoms with van der Waals surface area (Å²) in [7, 11) is 0. The number of amides is 1. The number of rotatable bonds is 6. The highest BCUT2D eigenvalue weighted by Crippen LogP contribution is 2.20. The van der Waals surface area contributed by atoms with Crippen LogP contribution in [0.2, 0.25) is 0 Å². The number of carbonyl (C=O) groups is 1. The predicted molar refractivity (Wildman–Crippen MR) is 90.5 cm³/mol. The molecule has 1 atom stereocenters. The van der Waals surface area contributed by atoms with Gasteiger partial charge in [-0.15, -0.1) is 0 Å². The van der Waals surface area contributed by atoms with Crippen molar-refractivity contribution >= 4 is 11.6 Å². The summed E-state index contributed by atoms with van der Waals surface area (Å²) < 4.78 is 5.49. The van der Waals surface area contributed by atoms with E-state index in [4.69, 9.17) is 4.74 Å². The second kappa shape index (κ2) is 7.64. The average molecular weight is 297 g/mol. The van der Waals surface area contributed by atoms with Crippen molar-refractivity contribution in [2.45, 2.75) is 33.1 Å². The van der Waals surface area contributed by atoms with Crippen molar-refractivity contribution in [1.29, 1.82) is 0 Å². The van der Waals surface area contributed by atoms with Gasteiger partial charge in [-0.05, 0) is 54.7 Å². The third-order valence-electron chi connectivity index (χ3n) is 3.74. The summed E-state index contributed by atoms with van der Waals surface area (Å²) in [4.78, 5) is 11.9. The summed E-state index contributed by atoms with van der Waals surface area (Å²) in [5.41, 5.74) is 3.19. The van der Waals surface area contributed by atoms with E-state index in [2.05, 4.69) is 31.3 Å². The highest BCUT2D eigenvalue weighted by molar-refractivity contribution is 5.91. The molecule has 116 valence electrons. The van der Waals surface area contributed by atoms with Gasteiger partial charge in [0.25, 0.3) is 5.91 Å². The number of aryl methyl sites for hydroxylation is 1. The molecule has 2 rings (SSSR count). The Morgan fingerprint density at radius 1 is 1.18 bits per heavy atom. The first-order valence-corrected chi connectivity index (χ1v) is 7.67. The maximum Gasteiger partial charge on any atom is 0.262 e. The Hall–Kier alpha value is -2.29. The van der Waals surface area contributed by atoms with Gasteiger partial charge >= 0.3 is 0 Å². The quantitative estimate of drug-likeness (QED) is 0.851. The molecular weight excluding hydrogens is 274 g/mol. The van der Waals surface area contributed by atoms with Crippen LogP contribution in [0.4, 0.5) is 5.69 Å². The molecule has 22 heavy (non-hydrogen) atoms. The number of hydrogen-bond donors (Lipinski definition) is 1. The standard InChI is InChI=1S/C19H23NO2/c1-4-15(3)16-8-10-17(11-9-16)20-19(21)13-22-18-7-5-6-14(2)12-18/h5-12,15H,4,13H2,1-3H3,(H,20,21)/t15-/m0/s1. The number of anilines is 1. The van der Waals surface area contributed by atoms with Gasteiger partial charge in [0.15, 0.2) is 6.61 Å². The van der Waals surface area contributed by atoms with Crippen LogP contribution in [-0.2, 0) is 4.79 Å². The van der Waals surface area contributed by atoms with Crippen LogP contribution in [0, 0.1) is 6.92 Å². The Morgan fingerprint density at radius 2 is 1.91 bits per heavy atom. The third-order valence-corrected chi connectivity index (χ3v) is 3.74. The summed E-state index contributed by atoms with van der Waals surface area (Å²) in [6, 6.07) is 15.7. The maximum atomic E-state index is 11.9. The van der Waals surface area contributed by atoms with Crippen LogP contribution in [0.25, 0.3) is 0 Å².